The second kappa shape index (κ2) is 5.68. The van der Waals surface area contributed by atoms with Crippen molar-refractivity contribution in [1.29, 1.82) is 0 Å². The van der Waals surface area contributed by atoms with E-state index < -0.39 is 11.5 Å². The van der Waals surface area contributed by atoms with Gasteiger partial charge in [0, 0.05) is 12.1 Å². The van der Waals surface area contributed by atoms with Crippen molar-refractivity contribution < 1.29 is 14.4 Å². The first-order chi connectivity index (χ1) is 11.9. The number of imide groups is 1. The van der Waals surface area contributed by atoms with E-state index in [-0.39, 0.29) is 24.1 Å². The van der Waals surface area contributed by atoms with Crippen molar-refractivity contribution in [3.05, 3.63) is 29.3 Å². The van der Waals surface area contributed by atoms with Gasteiger partial charge in [0.2, 0.25) is 17.7 Å². The van der Waals surface area contributed by atoms with Crippen LogP contribution in [0.15, 0.2) is 18.2 Å². The van der Waals surface area contributed by atoms with Gasteiger partial charge in [0.15, 0.2) is 0 Å². The molecular formula is C20H24N2O3. The fourth-order valence-electron chi connectivity index (χ4n) is 4.66. The first-order valence-electron chi connectivity index (χ1n) is 9.26. The Morgan fingerprint density at radius 1 is 1.16 bits per heavy atom. The van der Waals surface area contributed by atoms with Crippen LogP contribution in [0, 0.1) is 0 Å². The van der Waals surface area contributed by atoms with Crippen molar-refractivity contribution in [1.82, 2.24) is 5.32 Å². The molecule has 132 valence electrons. The van der Waals surface area contributed by atoms with Crippen LogP contribution < -0.4 is 10.2 Å². The van der Waals surface area contributed by atoms with E-state index >= 15 is 0 Å². The lowest BCUT2D eigenvalue weighted by Crippen LogP contribution is -2.55. The topological polar surface area (TPSA) is 66.5 Å². The van der Waals surface area contributed by atoms with Crippen LogP contribution in [0.4, 0.5) is 5.69 Å². The Labute approximate surface area is 147 Å². The van der Waals surface area contributed by atoms with Gasteiger partial charge in [0.05, 0.1) is 5.41 Å². The summed E-state index contributed by atoms with van der Waals surface area (Å²) in [6.07, 6.45) is 4.47. The summed E-state index contributed by atoms with van der Waals surface area (Å²) in [5, 5.41) is 2.39. The van der Waals surface area contributed by atoms with Crippen LogP contribution in [-0.4, -0.2) is 23.8 Å². The molecule has 1 aromatic rings. The van der Waals surface area contributed by atoms with E-state index in [1.165, 1.54) is 5.56 Å². The maximum absolute atomic E-state index is 13.5. The molecule has 1 spiro atoms. The Morgan fingerprint density at radius 2 is 1.88 bits per heavy atom. The highest BCUT2D eigenvalue weighted by atomic mass is 16.2. The number of amides is 3. The van der Waals surface area contributed by atoms with Crippen LogP contribution in [0.3, 0.4) is 0 Å². The Bertz CT molecular complexity index is 762. The third kappa shape index (κ3) is 2.32. The third-order valence-corrected chi connectivity index (χ3v) is 6.07. The average Bonchev–Trinajstić information content (AvgIpc) is 3.15. The predicted molar refractivity (Wildman–Crippen MR) is 94.3 cm³/mol. The molecule has 2 heterocycles. The lowest BCUT2D eigenvalue weighted by atomic mass is 9.79. The summed E-state index contributed by atoms with van der Waals surface area (Å²) >= 11 is 0. The summed E-state index contributed by atoms with van der Waals surface area (Å²) in [4.78, 5) is 39.0. The number of anilines is 1. The number of fused-ring (bicyclic) bond motifs is 2. The highest BCUT2D eigenvalue weighted by molar-refractivity contribution is 6.14. The number of hydrogen-bond donors (Lipinski definition) is 1. The highest BCUT2D eigenvalue weighted by Crippen LogP contribution is 2.52. The minimum atomic E-state index is -0.575. The van der Waals surface area contributed by atoms with Crippen molar-refractivity contribution >= 4 is 23.4 Å². The molecule has 1 saturated carbocycles. The van der Waals surface area contributed by atoms with Gasteiger partial charge in [-0.15, -0.1) is 0 Å². The zero-order valence-electron chi connectivity index (χ0n) is 14.8. The average molecular weight is 340 g/mol. The SMILES string of the molecule is CC(C)c1ccc2c(c1)C1(CCCC1)C(=O)N2C1CCC(=O)NC1=O. The van der Waals surface area contributed by atoms with Gasteiger partial charge in [-0.1, -0.05) is 38.8 Å². The van der Waals surface area contributed by atoms with Gasteiger partial charge in [-0.25, -0.2) is 0 Å². The van der Waals surface area contributed by atoms with Crippen LogP contribution in [0.25, 0.3) is 0 Å². The number of nitrogens with zero attached hydrogens (tertiary/aromatic N) is 1. The van der Waals surface area contributed by atoms with Gasteiger partial charge >= 0.3 is 0 Å². The Kier molecular flexibility index (Phi) is 3.71. The fraction of sp³-hybridized carbons (Fsp3) is 0.550. The first-order valence-corrected chi connectivity index (χ1v) is 9.26. The molecule has 5 heteroatoms. The molecular weight excluding hydrogens is 316 g/mol. The molecule has 0 aromatic heterocycles. The molecule has 3 aliphatic rings. The zero-order valence-corrected chi connectivity index (χ0v) is 14.8. The quantitative estimate of drug-likeness (QED) is 0.842. The molecule has 5 nitrogen and oxygen atoms in total. The number of hydrogen-bond acceptors (Lipinski definition) is 3. The lowest BCUT2D eigenvalue weighted by Gasteiger charge is -2.31. The minimum Gasteiger partial charge on any atom is -0.299 e. The first kappa shape index (κ1) is 16.3. The summed E-state index contributed by atoms with van der Waals surface area (Å²) in [6.45, 7) is 4.30. The van der Waals surface area contributed by atoms with Crippen LogP contribution in [-0.2, 0) is 19.8 Å². The van der Waals surface area contributed by atoms with Crippen LogP contribution in [0.2, 0.25) is 0 Å². The molecule has 1 saturated heterocycles. The fourth-order valence-corrected chi connectivity index (χ4v) is 4.66. The van der Waals surface area contributed by atoms with Crippen LogP contribution in [0.5, 0.6) is 0 Å². The van der Waals surface area contributed by atoms with E-state index in [1.54, 1.807) is 4.90 Å². The van der Waals surface area contributed by atoms with Gasteiger partial charge in [0.1, 0.15) is 6.04 Å². The van der Waals surface area contributed by atoms with E-state index in [0.29, 0.717) is 12.3 Å². The van der Waals surface area contributed by atoms with Gasteiger partial charge < -0.3 is 0 Å². The number of rotatable bonds is 2. The van der Waals surface area contributed by atoms with Crippen LogP contribution >= 0.6 is 0 Å². The molecule has 25 heavy (non-hydrogen) atoms. The minimum absolute atomic E-state index is 0.0513. The largest absolute Gasteiger partial charge is 0.299 e. The molecule has 2 fully saturated rings. The molecule has 4 rings (SSSR count). The van der Waals surface area contributed by atoms with E-state index in [2.05, 4.69) is 31.3 Å². The Hall–Kier alpha value is -2.17. The van der Waals surface area contributed by atoms with E-state index in [9.17, 15) is 14.4 Å². The molecule has 1 atom stereocenters. The van der Waals surface area contributed by atoms with Gasteiger partial charge in [0.25, 0.3) is 0 Å². The van der Waals surface area contributed by atoms with Crippen LogP contribution in [0.1, 0.15) is 69.4 Å². The molecule has 1 aromatic carbocycles. The van der Waals surface area contributed by atoms with Crippen molar-refractivity contribution in [2.45, 2.75) is 69.7 Å². The summed E-state index contributed by atoms with van der Waals surface area (Å²) < 4.78 is 0. The van der Waals surface area contributed by atoms with E-state index in [4.69, 9.17) is 0 Å². The standard InChI is InChI=1S/C20H24N2O3/c1-12(2)13-5-6-15-14(11-13)20(9-3-4-10-20)19(25)22(15)16-7-8-17(23)21-18(16)24/h5-6,11-12,16H,3-4,7-10H2,1-2H3,(H,21,23,24). The van der Waals surface area contributed by atoms with Crippen molar-refractivity contribution in [3.8, 4) is 0 Å². The Morgan fingerprint density at radius 3 is 2.52 bits per heavy atom. The maximum Gasteiger partial charge on any atom is 0.249 e. The molecule has 1 N–H and O–H groups in total. The summed E-state index contributed by atoms with van der Waals surface area (Å²) in [5.74, 6) is -0.156. The van der Waals surface area contributed by atoms with Crippen molar-refractivity contribution in [3.63, 3.8) is 0 Å². The second-order valence-corrected chi connectivity index (χ2v) is 7.86. The van der Waals surface area contributed by atoms with Crippen molar-refractivity contribution in [2.24, 2.45) is 0 Å². The van der Waals surface area contributed by atoms with Gasteiger partial charge in [-0.05, 0) is 42.4 Å². The highest BCUT2D eigenvalue weighted by Gasteiger charge is 2.55. The molecule has 0 bridgehead atoms. The smallest absolute Gasteiger partial charge is 0.249 e. The van der Waals surface area contributed by atoms with E-state index in [1.807, 2.05) is 6.07 Å². The van der Waals surface area contributed by atoms with Gasteiger partial charge in [-0.2, -0.15) is 0 Å². The summed E-state index contributed by atoms with van der Waals surface area (Å²) in [7, 11) is 0. The zero-order chi connectivity index (χ0) is 17.8. The summed E-state index contributed by atoms with van der Waals surface area (Å²) in [6, 6.07) is 5.66. The number of carbonyl (C=O) groups is 3. The molecule has 1 aliphatic carbocycles. The molecule has 3 amide bonds. The lowest BCUT2D eigenvalue weighted by molar-refractivity contribution is -0.136. The molecule has 0 radical (unpaired) electrons. The number of carbonyl (C=O) groups excluding carboxylic acids is 3. The number of benzene rings is 1. The predicted octanol–water partition coefficient (Wildman–Crippen LogP) is 2.77. The van der Waals surface area contributed by atoms with Crippen molar-refractivity contribution in [2.75, 3.05) is 4.90 Å². The van der Waals surface area contributed by atoms with E-state index in [0.717, 1.165) is 36.9 Å². The summed E-state index contributed by atoms with van der Waals surface area (Å²) in [5.41, 5.74) is 2.71. The third-order valence-electron chi connectivity index (χ3n) is 6.07. The number of nitrogens with one attached hydrogen (secondary N) is 1. The number of piperidine rings is 1. The van der Waals surface area contributed by atoms with Gasteiger partial charge in [-0.3, -0.25) is 24.6 Å². The molecule has 2 aliphatic heterocycles. The normalized spacial score (nSPS) is 25.0. The molecule has 1 unspecified atom stereocenters. The second-order valence-electron chi connectivity index (χ2n) is 7.86. The maximum atomic E-state index is 13.5. The monoisotopic (exact) mass is 340 g/mol. The Balaban J connectivity index is 1.82.